The van der Waals surface area contributed by atoms with Gasteiger partial charge in [-0.1, -0.05) is 24.3 Å². The third kappa shape index (κ3) is 6.75. The minimum absolute atomic E-state index is 0. The van der Waals surface area contributed by atoms with Gasteiger partial charge in [-0.15, -0.1) is 12.4 Å². The topological polar surface area (TPSA) is 73.6 Å². The molecule has 1 atom stereocenters. The third-order valence-corrected chi connectivity index (χ3v) is 4.05. The zero-order valence-corrected chi connectivity index (χ0v) is 15.7. The molecule has 0 heterocycles. The lowest BCUT2D eigenvalue weighted by atomic mass is 10.1. The van der Waals surface area contributed by atoms with Crippen molar-refractivity contribution in [1.29, 1.82) is 5.26 Å². The summed E-state index contributed by atoms with van der Waals surface area (Å²) in [6, 6.07) is 17.4. The van der Waals surface area contributed by atoms with E-state index < -0.39 is 5.97 Å². The number of hydrogen-bond donors (Lipinski definition) is 1. The van der Waals surface area contributed by atoms with Crippen LogP contribution in [0.15, 0.2) is 48.5 Å². The number of halogens is 1. The number of carbonyl (C=O) groups is 1. The van der Waals surface area contributed by atoms with E-state index in [0.717, 1.165) is 23.3 Å². The zero-order valence-electron chi connectivity index (χ0n) is 14.9. The van der Waals surface area contributed by atoms with E-state index >= 15 is 0 Å². The Hall–Kier alpha value is -2.55. The highest BCUT2D eigenvalue weighted by molar-refractivity contribution is 5.85. The number of benzene rings is 2. The lowest BCUT2D eigenvalue weighted by molar-refractivity contribution is -0.138. The molecule has 0 aromatic heterocycles. The summed E-state index contributed by atoms with van der Waals surface area (Å²) in [4.78, 5) is 12.6. The first-order chi connectivity index (χ1) is 12.0. The lowest BCUT2D eigenvalue weighted by Crippen LogP contribution is -2.35. The molecule has 0 radical (unpaired) electrons. The van der Waals surface area contributed by atoms with Gasteiger partial charge in [-0.25, -0.2) is 0 Å². The van der Waals surface area contributed by atoms with Crippen LogP contribution in [0.25, 0.3) is 0 Å². The van der Waals surface area contributed by atoms with Crippen LogP contribution in [0.1, 0.15) is 23.6 Å². The average Bonchev–Trinajstić information content (AvgIpc) is 2.60. The highest BCUT2D eigenvalue weighted by Gasteiger charge is 2.12. The van der Waals surface area contributed by atoms with Crippen LogP contribution in [0.4, 0.5) is 0 Å². The molecule has 138 valence electrons. The van der Waals surface area contributed by atoms with Gasteiger partial charge in [0.05, 0.1) is 18.2 Å². The summed E-state index contributed by atoms with van der Waals surface area (Å²) in [7, 11) is 1.81. The van der Waals surface area contributed by atoms with E-state index in [2.05, 4.69) is 6.07 Å². The van der Waals surface area contributed by atoms with Crippen molar-refractivity contribution in [2.24, 2.45) is 0 Å². The second kappa shape index (κ2) is 10.4. The van der Waals surface area contributed by atoms with E-state index in [1.165, 1.54) is 0 Å². The van der Waals surface area contributed by atoms with E-state index in [4.69, 9.17) is 15.1 Å². The molecule has 5 nitrogen and oxygen atoms in total. The molecule has 0 aliphatic rings. The van der Waals surface area contributed by atoms with Gasteiger partial charge in [0.15, 0.2) is 0 Å². The average molecular weight is 375 g/mol. The monoisotopic (exact) mass is 374 g/mol. The third-order valence-electron chi connectivity index (χ3n) is 4.05. The molecule has 0 spiro atoms. The van der Waals surface area contributed by atoms with E-state index in [-0.39, 0.29) is 25.0 Å². The summed E-state index contributed by atoms with van der Waals surface area (Å²) < 4.78 is 5.75. The van der Waals surface area contributed by atoms with Crippen LogP contribution in [0.5, 0.6) is 5.75 Å². The quantitative estimate of drug-likeness (QED) is 0.765. The van der Waals surface area contributed by atoms with Gasteiger partial charge in [0, 0.05) is 6.04 Å². The van der Waals surface area contributed by atoms with Gasteiger partial charge in [-0.3, -0.25) is 9.69 Å². The number of hydrogen-bond acceptors (Lipinski definition) is 4. The van der Waals surface area contributed by atoms with Crippen molar-refractivity contribution in [2.75, 3.05) is 13.6 Å². The van der Waals surface area contributed by atoms with Crippen molar-refractivity contribution < 1.29 is 14.6 Å². The van der Waals surface area contributed by atoms with Gasteiger partial charge >= 0.3 is 5.97 Å². The first kappa shape index (κ1) is 21.5. The van der Waals surface area contributed by atoms with Crippen LogP contribution in [0.3, 0.4) is 0 Å². The van der Waals surface area contributed by atoms with Gasteiger partial charge in [-0.05, 0) is 55.8 Å². The Morgan fingerprint density at radius 2 is 1.92 bits per heavy atom. The van der Waals surface area contributed by atoms with Crippen LogP contribution in [-0.4, -0.2) is 35.6 Å². The summed E-state index contributed by atoms with van der Waals surface area (Å²) >= 11 is 0. The zero-order chi connectivity index (χ0) is 18.2. The highest BCUT2D eigenvalue weighted by Crippen LogP contribution is 2.16. The van der Waals surface area contributed by atoms with E-state index in [9.17, 15) is 4.79 Å². The first-order valence-corrected chi connectivity index (χ1v) is 8.10. The number of ether oxygens (including phenoxy) is 1. The molecule has 0 aliphatic heterocycles. The Kier molecular flexibility index (Phi) is 8.63. The number of aliphatic carboxylic acids is 1. The molecule has 0 aliphatic carbocycles. The first-order valence-electron chi connectivity index (χ1n) is 8.10. The Morgan fingerprint density at radius 3 is 2.54 bits per heavy atom. The number of nitriles is 1. The van der Waals surface area contributed by atoms with Crippen molar-refractivity contribution in [3.05, 3.63) is 65.2 Å². The molecular formula is C20H23ClN2O3. The fourth-order valence-corrected chi connectivity index (χ4v) is 2.49. The molecule has 1 N–H and O–H groups in total. The SMILES string of the molecule is C[C@H](Cc1ccc(OCc2cccc(C#N)c2)cc1)N(C)CC(=O)O.Cl. The fourth-order valence-electron chi connectivity index (χ4n) is 2.49. The maximum Gasteiger partial charge on any atom is 0.317 e. The van der Waals surface area contributed by atoms with Crippen molar-refractivity contribution in [3.8, 4) is 11.8 Å². The standard InChI is InChI=1S/C20H22N2O3.ClH/c1-15(22(2)13-20(23)24)10-16-6-8-19(9-7-16)25-14-18-5-3-4-17(11-18)12-21;/h3-9,11,15H,10,13-14H2,1-2H3,(H,23,24);1H/t15-;/m1./s1. The predicted molar refractivity (Wildman–Crippen MR) is 103 cm³/mol. The molecule has 0 amide bonds. The van der Waals surface area contributed by atoms with Crippen LogP contribution >= 0.6 is 12.4 Å². The molecular weight excluding hydrogens is 352 g/mol. The molecule has 0 unspecified atom stereocenters. The van der Waals surface area contributed by atoms with Gasteiger partial charge < -0.3 is 9.84 Å². The second-order valence-electron chi connectivity index (χ2n) is 6.11. The summed E-state index contributed by atoms with van der Waals surface area (Å²) in [6.45, 7) is 2.45. The number of likely N-dealkylation sites (N-methyl/N-ethyl adjacent to an activating group) is 1. The summed E-state index contributed by atoms with van der Waals surface area (Å²) in [5.41, 5.74) is 2.70. The molecule has 2 aromatic rings. The molecule has 0 fully saturated rings. The van der Waals surface area contributed by atoms with Crippen LogP contribution in [-0.2, 0) is 17.8 Å². The fraction of sp³-hybridized carbons (Fsp3) is 0.300. The van der Waals surface area contributed by atoms with E-state index in [0.29, 0.717) is 12.2 Å². The Morgan fingerprint density at radius 1 is 1.23 bits per heavy atom. The Balaban J connectivity index is 0.00000338. The summed E-state index contributed by atoms with van der Waals surface area (Å²) in [5, 5.41) is 17.8. The second-order valence-corrected chi connectivity index (χ2v) is 6.11. The number of carboxylic acids is 1. The Labute approximate surface area is 160 Å². The number of carboxylic acid groups (broad SMARTS) is 1. The largest absolute Gasteiger partial charge is 0.489 e. The van der Waals surface area contributed by atoms with Crippen LogP contribution in [0, 0.1) is 11.3 Å². The van der Waals surface area contributed by atoms with Gasteiger partial charge in [-0.2, -0.15) is 5.26 Å². The van der Waals surface area contributed by atoms with Gasteiger partial charge in [0.25, 0.3) is 0 Å². The minimum Gasteiger partial charge on any atom is -0.489 e. The highest BCUT2D eigenvalue weighted by atomic mass is 35.5. The minimum atomic E-state index is -0.821. The molecule has 0 saturated heterocycles. The molecule has 6 heteroatoms. The van der Waals surface area contributed by atoms with Crippen molar-refractivity contribution in [2.45, 2.75) is 26.0 Å². The number of rotatable bonds is 8. The van der Waals surface area contributed by atoms with Crippen LogP contribution in [0.2, 0.25) is 0 Å². The molecule has 26 heavy (non-hydrogen) atoms. The predicted octanol–water partition coefficient (Wildman–Crippen LogP) is 3.51. The molecule has 0 bridgehead atoms. The maximum atomic E-state index is 10.8. The van der Waals surface area contributed by atoms with Crippen molar-refractivity contribution in [3.63, 3.8) is 0 Å². The molecule has 0 saturated carbocycles. The summed E-state index contributed by atoms with van der Waals surface area (Å²) in [5.74, 6) is -0.0591. The van der Waals surface area contributed by atoms with Crippen molar-refractivity contribution in [1.82, 2.24) is 4.90 Å². The van der Waals surface area contributed by atoms with E-state index in [1.54, 1.807) is 6.07 Å². The van der Waals surface area contributed by atoms with Crippen LogP contribution < -0.4 is 4.74 Å². The Bertz CT molecular complexity index is 756. The van der Waals surface area contributed by atoms with Gasteiger partial charge in [0.1, 0.15) is 12.4 Å². The molecule has 2 rings (SSSR count). The maximum absolute atomic E-state index is 10.8. The lowest BCUT2D eigenvalue weighted by Gasteiger charge is -2.22. The number of nitrogens with zero attached hydrogens (tertiary/aromatic N) is 2. The normalized spacial score (nSPS) is 11.3. The smallest absolute Gasteiger partial charge is 0.317 e. The molecule has 2 aromatic carbocycles. The van der Waals surface area contributed by atoms with Crippen molar-refractivity contribution >= 4 is 18.4 Å². The summed E-state index contributed by atoms with van der Waals surface area (Å²) in [6.07, 6.45) is 0.772. The van der Waals surface area contributed by atoms with E-state index in [1.807, 2.05) is 61.3 Å². The van der Waals surface area contributed by atoms with Gasteiger partial charge in [0.2, 0.25) is 0 Å².